The maximum absolute atomic E-state index is 13.3. The molecule has 5 nitrogen and oxygen atoms in total. The number of ether oxygens (including phenoxy) is 2. The van der Waals surface area contributed by atoms with Crippen molar-refractivity contribution < 1.29 is 14.3 Å². The van der Waals surface area contributed by atoms with Crippen LogP contribution in [0.4, 0.5) is 0 Å². The quantitative estimate of drug-likeness (QED) is 0.326. The normalized spacial score (nSPS) is 14.8. The number of aromatic amines is 1. The molecular weight excluding hydrogens is 471 g/mol. The Labute approximate surface area is 208 Å². The predicted molar refractivity (Wildman–Crippen MR) is 135 cm³/mol. The number of carbonyl (C=O) groups is 1. The van der Waals surface area contributed by atoms with Crippen LogP contribution in [0.1, 0.15) is 23.5 Å². The second-order valence-electron chi connectivity index (χ2n) is 8.31. The zero-order valence-electron chi connectivity index (χ0n) is 18.5. The molecule has 5 rings (SSSR count). The van der Waals surface area contributed by atoms with E-state index in [1.54, 1.807) is 12.1 Å². The van der Waals surface area contributed by atoms with Gasteiger partial charge in [-0.15, -0.1) is 0 Å². The molecule has 1 saturated heterocycles. The summed E-state index contributed by atoms with van der Waals surface area (Å²) < 4.78 is 11.5. The smallest absolute Gasteiger partial charge is 0.223 e. The molecule has 2 heterocycles. The van der Waals surface area contributed by atoms with Gasteiger partial charge in [-0.05, 0) is 65.7 Å². The molecule has 1 aliphatic heterocycles. The van der Waals surface area contributed by atoms with Crippen LogP contribution in [-0.2, 0) is 9.53 Å². The Balaban J connectivity index is 1.50. The molecule has 1 atom stereocenters. The Morgan fingerprint density at radius 2 is 1.74 bits per heavy atom. The molecule has 0 bridgehead atoms. The van der Waals surface area contributed by atoms with Gasteiger partial charge in [0.15, 0.2) is 0 Å². The van der Waals surface area contributed by atoms with E-state index < -0.39 is 0 Å². The van der Waals surface area contributed by atoms with Crippen LogP contribution >= 0.6 is 23.2 Å². The van der Waals surface area contributed by atoms with Crippen LogP contribution in [0.3, 0.4) is 0 Å². The molecule has 4 aromatic rings. The highest BCUT2D eigenvalue weighted by molar-refractivity contribution is 6.31. The first-order chi connectivity index (χ1) is 16.6. The van der Waals surface area contributed by atoms with Crippen LogP contribution in [0.25, 0.3) is 10.9 Å². The number of morpholine rings is 1. The summed E-state index contributed by atoms with van der Waals surface area (Å²) in [6.45, 7) is 2.38. The molecule has 1 aliphatic rings. The highest BCUT2D eigenvalue weighted by Gasteiger charge is 2.26. The second-order valence-corrected chi connectivity index (χ2v) is 9.19. The number of nitrogens with one attached hydrogen (secondary N) is 1. The Hall–Kier alpha value is -2.99. The van der Waals surface area contributed by atoms with Crippen LogP contribution < -0.4 is 4.74 Å². The van der Waals surface area contributed by atoms with Crippen molar-refractivity contribution in [2.45, 2.75) is 12.3 Å². The van der Waals surface area contributed by atoms with Crippen LogP contribution in [0.15, 0.2) is 72.9 Å². The van der Waals surface area contributed by atoms with Gasteiger partial charge in [-0.25, -0.2) is 0 Å². The van der Waals surface area contributed by atoms with Crippen molar-refractivity contribution >= 4 is 40.0 Å². The summed E-state index contributed by atoms with van der Waals surface area (Å²) in [6.07, 6.45) is 2.31. The molecule has 1 unspecified atom stereocenters. The van der Waals surface area contributed by atoms with Crippen LogP contribution in [-0.4, -0.2) is 42.1 Å². The maximum atomic E-state index is 13.3. The van der Waals surface area contributed by atoms with Gasteiger partial charge in [-0.2, -0.15) is 0 Å². The van der Waals surface area contributed by atoms with Crippen LogP contribution in [0.2, 0.25) is 10.0 Å². The highest BCUT2D eigenvalue weighted by atomic mass is 35.5. The average molecular weight is 495 g/mol. The van der Waals surface area contributed by atoms with Crippen LogP contribution in [0, 0.1) is 0 Å². The van der Waals surface area contributed by atoms with Gasteiger partial charge in [0, 0.05) is 52.6 Å². The minimum Gasteiger partial charge on any atom is -0.457 e. The van der Waals surface area contributed by atoms with E-state index in [-0.39, 0.29) is 11.8 Å². The Morgan fingerprint density at radius 3 is 2.53 bits per heavy atom. The number of carbonyl (C=O) groups excluding carboxylic acids is 1. The van der Waals surface area contributed by atoms with Crippen molar-refractivity contribution in [1.82, 2.24) is 9.88 Å². The first-order valence-corrected chi connectivity index (χ1v) is 12.0. The Kier molecular flexibility index (Phi) is 6.77. The zero-order valence-corrected chi connectivity index (χ0v) is 20.0. The lowest BCUT2D eigenvalue weighted by Crippen LogP contribution is -2.41. The third-order valence-electron chi connectivity index (χ3n) is 6.10. The van der Waals surface area contributed by atoms with Gasteiger partial charge >= 0.3 is 0 Å². The third-order valence-corrected chi connectivity index (χ3v) is 6.59. The summed E-state index contributed by atoms with van der Waals surface area (Å²) in [5, 5.41) is 2.32. The first kappa shape index (κ1) is 22.8. The Bertz CT molecular complexity index is 1300. The minimum atomic E-state index is -0.170. The van der Waals surface area contributed by atoms with Crippen molar-refractivity contribution in [3.63, 3.8) is 0 Å². The van der Waals surface area contributed by atoms with E-state index in [1.165, 1.54) is 0 Å². The van der Waals surface area contributed by atoms with Gasteiger partial charge in [0.1, 0.15) is 11.5 Å². The van der Waals surface area contributed by atoms with Gasteiger partial charge < -0.3 is 19.4 Å². The highest BCUT2D eigenvalue weighted by Crippen LogP contribution is 2.37. The first-order valence-electron chi connectivity index (χ1n) is 11.2. The van der Waals surface area contributed by atoms with Crippen molar-refractivity contribution in [3.8, 4) is 11.5 Å². The Morgan fingerprint density at radius 1 is 0.971 bits per heavy atom. The minimum absolute atomic E-state index is 0.105. The van der Waals surface area contributed by atoms with Gasteiger partial charge in [0.25, 0.3) is 0 Å². The maximum Gasteiger partial charge on any atom is 0.223 e. The van der Waals surface area contributed by atoms with Gasteiger partial charge in [0.2, 0.25) is 5.91 Å². The number of fused-ring (bicyclic) bond motifs is 1. The van der Waals surface area contributed by atoms with Gasteiger partial charge in [0.05, 0.1) is 13.2 Å². The average Bonchev–Trinajstić information content (AvgIpc) is 3.27. The molecule has 1 amide bonds. The van der Waals surface area contributed by atoms with Crippen molar-refractivity contribution in [3.05, 3.63) is 94.1 Å². The molecule has 0 saturated carbocycles. The molecule has 1 aromatic heterocycles. The molecular formula is C27H24Cl2N2O3. The molecule has 0 aliphatic carbocycles. The number of amides is 1. The van der Waals surface area contributed by atoms with E-state index >= 15 is 0 Å². The third kappa shape index (κ3) is 5.07. The number of benzene rings is 3. The van der Waals surface area contributed by atoms with Gasteiger partial charge in [-0.3, -0.25) is 4.79 Å². The fourth-order valence-electron chi connectivity index (χ4n) is 4.36. The summed E-state index contributed by atoms with van der Waals surface area (Å²) >= 11 is 12.3. The van der Waals surface area contributed by atoms with Crippen LogP contribution in [0.5, 0.6) is 11.5 Å². The van der Waals surface area contributed by atoms with E-state index in [9.17, 15) is 4.79 Å². The number of nitrogens with zero attached hydrogens (tertiary/aromatic N) is 1. The van der Waals surface area contributed by atoms with E-state index in [0.29, 0.717) is 54.3 Å². The van der Waals surface area contributed by atoms with E-state index in [1.807, 2.05) is 65.7 Å². The largest absolute Gasteiger partial charge is 0.457 e. The topological polar surface area (TPSA) is 54.6 Å². The van der Waals surface area contributed by atoms with Crippen molar-refractivity contribution in [2.24, 2.45) is 0 Å². The zero-order chi connectivity index (χ0) is 23.5. The molecule has 1 N–H and O–H groups in total. The summed E-state index contributed by atoms with van der Waals surface area (Å²) in [7, 11) is 0. The van der Waals surface area contributed by atoms with Crippen molar-refractivity contribution in [2.75, 3.05) is 26.3 Å². The fourth-order valence-corrected chi connectivity index (χ4v) is 4.66. The van der Waals surface area contributed by atoms with Gasteiger partial charge in [-0.1, -0.05) is 35.3 Å². The molecule has 3 aromatic carbocycles. The summed E-state index contributed by atoms with van der Waals surface area (Å²) in [5.41, 5.74) is 3.01. The SMILES string of the molecule is O=C(CC(c1cccc(Oc2ccc(Cl)cc2)c1)c1c[nH]c2ccc(Cl)cc12)N1CCOCC1. The number of aromatic nitrogens is 1. The standard InChI is InChI=1S/C27H24Cl2N2O3/c28-19-4-7-21(8-5-19)34-22-3-1-2-18(14-22)23(16-27(32)31-10-12-33-13-11-31)25-17-30-26-9-6-20(29)15-24(25)26/h1-9,14-15,17,23,30H,10-13,16H2. The molecule has 0 spiro atoms. The lowest BCUT2D eigenvalue weighted by molar-refractivity contribution is -0.135. The summed E-state index contributed by atoms with van der Waals surface area (Å²) in [5.74, 6) is 1.33. The van der Waals surface area contributed by atoms with E-state index in [4.69, 9.17) is 32.7 Å². The monoisotopic (exact) mass is 494 g/mol. The number of halogens is 2. The number of rotatable bonds is 6. The number of hydrogen-bond acceptors (Lipinski definition) is 3. The molecule has 34 heavy (non-hydrogen) atoms. The predicted octanol–water partition coefficient (Wildman–Crippen LogP) is 6.65. The number of hydrogen-bond donors (Lipinski definition) is 1. The molecule has 7 heteroatoms. The fraction of sp³-hybridized carbons (Fsp3) is 0.222. The van der Waals surface area contributed by atoms with E-state index in [2.05, 4.69) is 4.98 Å². The number of H-pyrrole nitrogens is 1. The second kappa shape index (κ2) is 10.1. The molecule has 1 fully saturated rings. The molecule has 0 radical (unpaired) electrons. The van der Waals surface area contributed by atoms with E-state index in [0.717, 1.165) is 22.0 Å². The summed E-state index contributed by atoms with van der Waals surface area (Å²) in [6, 6.07) is 20.9. The van der Waals surface area contributed by atoms with Crippen molar-refractivity contribution in [1.29, 1.82) is 0 Å². The summed E-state index contributed by atoms with van der Waals surface area (Å²) in [4.78, 5) is 18.5. The lowest BCUT2D eigenvalue weighted by Gasteiger charge is -2.29. The molecule has 174 valence electrons. The lowest BCUT2D eigenvalue weighted by atomic mass is 9.87.